The van der Waals surface area contributed by atoms with Crippen LogP contribution in [0.5, 0.6) is 0 Å². The molecule has 0 aliphatic rings. The van der Waals surface area contributed by atoms with Crippen LogP contribution in [-0.4, -0.2) is 11.1 Å². The Balaban J connectivity index is 1.94. The molecular weight excluding hydrogens is 369 g/mol. The van der Waals surface area contributed by atoms with E-state index in [9.17, 15) is 10.1 Å². The van der Waals surface area contributed by atoms with Gasteiger partial charge in [0.15, 0.2) is 5.69 Å². The van der Waals surface area contributed by atoms with E-state index < -0.39 is 5.91 Å². The highest BCUT2D eigenvalue weighted by atomic mass is 35.5. The van der Waals surface area contributed by atoms with Crippen LogP contribution in [0.1, 0.15) is 21.8 Å². The van der Waals surface area contributed by atoms with Gasteiger partial charge < -0.3 is 9.84 Å². The van der Waals surface area contributed by atoms with E-state index in [4.69, 9.17) is 27.7 Å². The fourth-order valence-electron chi connectivity index (χ4n) is 2.08. The van der Waals surface area contributed by atoms with E-state index in [1.54, 1.807) is 30.5 Å². The van der Waals surface area contributed by atoms with Crippen molar-refractivity contribution in [3.05, 3.63) is 56.7 Å². The Morgan fingerprint density at radius 2 is 2.12 bits per heavy atom. The normalized spacial score (nSPS) is 10.4. The third kappa shape index (κ3) is 3.15. The number of hydrogen-bond donors (Lipinski definition) is 1. The highest BCUT2D eigenvalue weighted by molar-refractivity contribution is 7.15. The molecule has 8 heteroatoms. The van der Waals surface area contributed by atoms with Gasteiger partial charge in [0, 0.05) is 17.0 Å². The number of thiophene rings is 1. The van der Waals surface area contributed by atoms with E-state index >= 15 is 0 Å². The largest absolute Gasteiger partial charge is 0.361 e. The van der Waals surface area contributed by atoms with Gasteiger partial charge in [0.05, 0.1) is 15.6 Å². The molecule has 3 rings (SSSR count). The first-order valence-corrected chi connectivity index (χ1v) is 8.35. The van der Waals surface area contributed by atoms with Gasteiger partial charge >= 0.3 is 0 Å². The maximum atomic E-state index is 12.2. The monoisotopic (exact) mass is 377 g/mol. The molecule has 0 spiro atoms. The third-order valence-electron chi connectivity index (χ3n) is 3.22. The predicted octanol–water partition coefficient (Wildman–Crippen LogP) is 5.14. The van der Waals surface area contributed by atoms with Gasteiger partial charge in [-0.05, 0) is 24.6 Å². The Morgan fingerprint density at radius 1 is 1.33 bits per heavy atom. The SMILES string of the molecule is Cc1cc(C(=O)Nc2scc(-c3ccc(Cl)c(Cl)c3)c2C#N)no1. The van der Waals surface area contributed by atoms with Crippen LogP contribution in [0.25, 0.3) is 11.1 Å². The number of rotatable bonds is 3. The van der Waals surface area contributed by atoms with E-state index in [0.717, 1.165) is 5.56 Å². The molecule has 0 bridgehead atoms. The molecule has 0 radical (unpaired) electrons. The summed E-state index contributed by atoms with van der Waals surface area (Å²) in [6, 6.07) is 8.75. The molecule has 0 atom stereocenters. The van der Waals surface area contributed by atoms with Crippen molar-refractivity contribution in [1.82, 2.24) is 5.16 Å². The third-order valence-corrected chi connectivity index (χ3v) is 4.86. The summed E-state index contributed by atoms with van der Waals surface area (Å²) in [6.07, 6.45) is 0. The summed E-state index contributed by atoms with van der Waals surface area (Å²) >= 11 is 13.2. The van der Waals surface area contributed by atoms with E-state index in [-0.39, 0.29) is 5.69 Å². The van der Waals surface area contributed by atoms with Crippen molar-refractivity contribution in [1.29, 1.82) is 5.26 Å². The van der Waals surface area contributed by atoms with Crippen LogP contribution >= 0.6 is 34.5 Å². The summed E-state index contributed by atoms with van der Waals surface area (Å²) in [5, 5.41) is 18.9. The number of carbonyl (C=O) groups is 1. The van der Waals surface area contributed by atoms with Crippen molar-refractivity contribution < 1.29 is 9.32 Å². The van der Waals surface area contributed by atoms with E-state index in [0.29, 0.717) is 31.9 Å². The Hall–Kier alpha value is -2.33. The van der Waals surface area contributed by atoms with Crippen LogP contribution in [0.4, 0.5) is 5.00 Å². The van der Waals surface area contributed by atoms with Crippen LogP contribution in [-0.2, 0) is 0 Å². The molecule has 0 saturated carbocycles. The van der Waals surface area contributed by atoms with Crippen molar-refractivity contribution in [2.45, 2.75) is 6.92 Å². The highest BCUT2D eigenvalue weighted by Crippen LogP contribution is 2.37. The van der Waals surface area contributed by atoms with Gasteiger partial charge in [-0.2, -0.15) is 5.26 Å². The van der Waals surface area contributed by atoms with Crippen molar-refractivity contribution in [2.75, 3.05) is 5.32 Å². The van der Waals surface area contributed by atoms with Crippen molar-refractivity contribution in [3.63, 3.8) is 0 Å². The first-order valence-electron chi connectivity index (χ1n) is 6.71. The maximum absolute atomic E-state index is 12.2. The summed E-state index contributed by atoms with van der Waals surface area (Å²) in [5.41, 5.74) is 1.93. The molecule has 0 fully saturated rings. The van der Waals surface area contributed by atoms with Gasteiger partial charge in [-0.1, -0.05) is 34.4 Å². The molecule has 3 aromatic rings. The van der Waals surface area contributed by atoms with Crippen LogP contribution in [0, 0.1) is 18.3 Å². The van der Waals surface area contributed by atoms with E-state index in [1.165, 1.54) is 17.4 Å². The van der Waals surface area contributed by atoms with Crippen molar-refractivity contribution in [3.8, 4) is 17.2 Å². The standard InChI is InChI=1S/C16H9Cl2N3O2S/c1-8-4-14(21-23-8)15(22)20-16-10(6-19)11(7-24-16)9-2-3-12(17)13(18)5-9/h2-5,7H,1H3,(H,20,22). The number of aryl methyl sites for hydroxylation is 1. The summed E-state index contributed by atoms with van der Waals surface area (Å²) in [4.78, 5) is 12.2. The summed E-state index contributed by atoms with van der Waals surface area (Å²) in [6.45, 7) is 1.69. The lowest BCUT2D eigenvalue weighted by atomic mass is 10.0. The molecule has 2 aromatic heterocycles. The number of halogens is 2. The number of nitriles is 1. The summed E-state index contributed by atoms with van der Waals surface area (Å²) < 4.78 is 4.88. The molecule has 0 saturated heterocycles. The van der Waals surface area contributed by atoms with Gasteiger partial charge in [-0.3, -0.25) is 4.79 Å². The number of amides is 1. The molecule has 24 heavy (non-hydrogen) atoms. The fourth-order valence-corrected chi connectivity index (χ4v) is 3.29. The molecule has 1 aromatic carbocycles. The lowest BCUT2D eigenvalue weighted by Crippen LogP contribution is -2.12. The van der Waals surface area contributed by atoms with E-state index in [2.05, 4.69) is 16.5 Å². The predicted molar refractivity (Wildman–Crippen MR) is 93.7 cm³/mol. The molecule has 2 heterocycles. The first-order chi connectivity index (χ1) is 11.5. The zero-order valence-corrected chi connectivity index (χ0v) is 14.6. The van der Waals surface area contributed by atoms with Crippen molar-refractivity contribution >= 4 is 45.4 Å². The number of nitrogens with zero attached hydrogens (tertiary/aromatic N) is 2. The molecule has 120 valence electrons. The number of nitrogens with one attached hydrogen (secondary N) is 1. The topological polar surface area (TPSA) is 78.9 Å². The zero-order chi connectivity index (χ0) is 17.3. The van der Waals surface area contributed by atoms with Gasteiger partial charge in [-0.25, -0.2) is 0 Å². The maximum Gasteiger partial charge on any atom is 0.278 e. The average molecular weight is 378 g/mol. The molecular formula is C16H9Cl2N3O2S. The lowest BCUT2D eigenvalue weighted by molar-refractivity contribution is 0.101. The Labute approximate surface area is 151 Å². The number of benzene rings is 1. The van der Waals surface area contributed by atoms with E-state index in [1.807, 2.05) is 0 Å². The first kappa shape index (κ1) is 16.5. The molecule has 0 aliphatic carbocycles. The van der Waals surface area contributed by atoms with Crippen LogP contribution < -0.4 is 5.32 Å². The Kier molecular flexibility index (Phi) is 4.58. The van der Waals surface area contributed by atoms with Gasteiger partial charge in [-0.15, -0.1) is 11.3 Å². The minimum absolute atomic E-state index is 0.154. The summed E-state index contributed by atoms with van der Waals surface area (Å²) in [7, 11) is 0. The smallest absolute Gasteiger partial charge is 0.278 e. The highest BCUT2D eigenvalue weighted by Gasteiger charge is 2.18. The van der Waals surface area contributed by atoms with Crippen molar-refractivity contribution in [2.24, 2.45) is 0 Å². The Bertz CT molecular complexity index is 972. The quantitative estimate of drug-likeness (QED) is 0.684. The second kappa shape index (κ2) is 6.65. The Morgan fingerprint density at radius 3 is 2.75 bits per heavy atom. The van der Waals surface area contributed by atoms with Gasteiger partial charge in [0.1, 0.15) is 16.8 Å². The minimum atomic E-state index is -0.439. The molecule has 0 unspecified atom stereocenters. The number of carbonyl (C=O) groups excluding carboxylic acids is 1. The van der Waals surface area contributed by atoms with Gasteiger partial charge in [0.25, 0.3) is 5.91 Å². The number of aromatic nitrogens is 1. The second-order valence-electron chi connectivity index (χ2n) is 4.87. The fraction of sp³-hybridized carbons (Fsp3) is 0.0625. The minimum Gasteiger partial charge on any atom is -0.361 e. The molecule has 1 N–H and O–H groups in total. The van der Waals surface area contributed by atoms with Crippen LogP contribution in [0.3, 0.4) is 0 Å². The number of hydrogen-bond acceptors (Lipinski definition) is 5. The molecule has 1 amide bonds. The zero-order valence-electron chi connectivity index (χ0n) is 12.3. The summed E-state index contributed by atoms with van der Waals surface area (Å²) in [5.74, 6) is 0.0919. The van der Waals surface area contributed by atoms with Crippen LogP contribution in [0.2, 0.25) is 10.0 Å². The second-order valence-corrected chi connectivity index (χ2v) is 6.57. The molecule has 5 nitrogen and oxygen atoms in total. The molecule has 0 aliphatic heterocycles. The van der Waals surface area contributed by atoms with Gasteiger partial charge in [0.2, 0.25) is 0 Å². The lowest BCUT2D eigenvalue weighted by Gasteiger charge is -2.03. The number of anilines is 1. The average Bonchev–Trinajstić information content (AvgIpc) is 3.16. The van der Waals surface area contributed by atoms with Crippen LogP contribution in [0.15, 0.2) is 34.2 Å².